The van der Waals surface area contributed by atoms with Crippen LogP contribution in [-0.4, -0.2) is 12.8 Å². The molecule has 1 rings (SSSR count). The van der Waals surface area contributed by atoms with Crippen LogP contribution in [-0.2, 0) is 0 Å². The molecule has 0 aliphatic rings. The van der Waals surface area contributed by atoms with E-state index in [9.17, 15) is 4.39 Å². The van der Waals surface area contributed by atoms with Gasteiger partial charge in [0.1, 0.15) is 13.7 Å². The minimum atomic E-state index is -0.316. The van der Waals surface area contributed by atoms with Gasteiger partial charge in [0.25, 0.3) is 0 Å². The Kier molecular flexibility index (Phi) is 4.50. The van der Waals surface area contributed by atoms with Crippen LogP contribution in [0.15, 0.2) is 12.3 Å². The highest BCUT2D eigenvalue weighted by Gasteiger charge is 1.94. The molecule has 58 valence electrons. The first-order valence-electron chi connectivity index (χ1n) is 3.58. The van der Waals surface area contributed by atoms with Crippen molar-refractivity contribution >= 4 is 13.4 Å². The maximum absolute atomic E-state index is 12.4. The molecular weight excluding hydrogens is 140 g/mol. The highest BCUT2D eigenvalue weighted by atomic mass is 19.1. The van der Waals surface area contributed by atoms with Gasteiger partial charge in [0.15, 0.2) is 0 Å². The second-order valence-corrected chi connectivity index (χ2v) is 1.86. The summed E-state index contributed by atoms with van der Waals surface area (Å²) in [5, 5.41) is 0. The average Bonchev–Trinajstić information content (AvgIpc) is 2.02. The monoisotopic (exact) mass is 151 g/mol. The van der Waals surface area contributed by atoms with Gasteiger partial charge in [-0.3, -0.25) is 4.98 Å². The van der Waals surface area contributed by atoms with Crippen molar-refractivity contribution in [2.75, 3.05) is 0 Å². The Morgan fingerprint density at radius 2 is 2.00 bits per heavy atom. The second kappa shape index (κ2) is 4.88. The normalized spacial score (nSPS) is 8.36. The Labute approximate surface area is 68.1 Å². The zero-order chi connectivity index (χ0) is 8.85. The van der Waals surface area contributed by atoms with Crippen molar-refractivity contribution in [2.24, 2.45) is 0 Å². The van der Waals surface area contributed by atoms with E-state index < -0.39 is 0 Å². The van der Waals surface area contributed by atoms with Gasteiger partial charge in [-0.15, -0.1) is 0 Å². The van der Waals surface area contributed by atoms with Crippen molar-refractivity contribution in [1.82, 2.24) is 4.98 Å². The summed E-state index contributed by atoms with van der Waals surface area (Å²) in [6.45, 7) is 5.65. The zero-order valence-electron chi connectivity index (χ0n) is 7.06. The highest BCUT2D eigenvalue weighted by molar-refractivity contribution is 6.30. The molecule has 1 nitrogen and oxygen atoms in total. The van der Waals surface area contributed by atoms with E-state index in [0.29, 0.717) is 11.2 Å². The number of rotatable bonds is 0. The number of hydrogen-bond donors (Lipinski definition) is 0. The van der Waals surface area contributed by atoms with Crippen LogP contribution in [0.5, 0.6) is 0 Å². The maximum Gasteiger partial charge on any atom is 0.144 e. The smallest absolute Gasteiger partial charge is 0.144 e. The van der Waals surface area contributed by atoms with Crippen LogP contribution in [0.4, 0.5) is 4.39 Å². The Hall–Kier alpha value is -0.855. The fraction of sp³-hybridized carbons (Fsp3) is 0.375. The molecule has 0 saturated carbocycles. The third-order valence-electron chi connectivity index (χ3n) is 1.07. The van der Waals surface area contributed by atoms with Gasteiger partial charge in [-0.05, 0) is 24.1 Å². The lowest BCUT2D eigenvalue weighted by Gasteiger charge is -1.94. The summed E-state index contributed by atoms with van der Waals surface area (Å²) in [6.07, 6.45) is 1.12. The van der Waals surface area contributed by atoms with E-state index in [1.807, 2.05) is 13.8 Å². The third kappa shape index (κ3) is 3.17. The van der Waals surface area contributed by atoms with Gasteiger partial charge in [0.2, 0.25) is 0 Å². The molecule has 0 bridgehead atoms. The zero-order valence-corrected chi connectivity index (χ0v) is 7.06. The predicted octanol–water partition coefficient (Wildman–Crippen LogP) is 1.35. The average molecular weight is 151 g/mol. The fourth-order valence-electron chi connectivity index (χ4n) is 0.561. The summed E-state index contributed by atoms with van der Waals surface area (Å²) in [5.74, 6) is -0.316. The molecule has 0 saturated heterocycles. The molecule has 1 aromatic heterocycles. The SMILES string of the molecule is CC.[B]c1cc(C)c(F)cn1. The maximum atomic E-state index is 12.4. The molecule has 1 heterocycles. The van der Waals surface area contributed by atoms with Gasteiger partial charge < -0.3 is 0 Å². The van der Waals surface area contributed by atoms with Crippen molar-refractivity contribution in [3.8, 4) is 0 Å². The number of halogens is 1. The number of aromatic nitrogens is 1. The van der Waals surface area contributed by atoms with Gasteiger partial charge in [0.05, 0.1) is 6.20 Å². The van der Waals surface area contributed by atoms with Gasteiger partial charge in [-0.25, -0.2) is 4.39 Å². The Balaban J connectivity index is 0.000000461. The van der Waals surface area contributed by atoms with Gasteiger partial charge in [-0.1, -0.05) is 13.8 Å². The molecule has 2 radical (unpaired) electrons. The molecule has 3 heteroatoms. The summed E-state index contributed by atoms with van der Waals surface area (Å²) in [5.41, 5.74) is 0.886. The molecule has 0 atom stereocenters. The van der Waals surface area contributed by atoms with Gasteiger partial charge in [-0.2, -0.15) is 0 Å². The van der Waals surface area contributed by atoms with E-state index in [2.05, 4.69) is 4.98 Å². The van der Waals surface area contributed by atoms with E-state index in [-0.39, 0.29) is 5.82 Å². The number of pyridine rings is 1. The second-order valence-electron chi connectivity index (χ2n) is 1.86. The Bertz CT molecular complexity index is 225. The topological polar surface area (TPSA) is 12.9 Å². The van der Waals surface area contributed by atoms with E-state index in [1.165, 1.54) is 6.07 Å². The minimum absolute atomic E-state index is 0.316. The number of nitrogens with zero attached hydrogens (tertiary/aromatic N) is 1. The molecule has 0 aromatic carbocycles. The van der Waals surface area contributed by atoms with Crippen molar-refractivity contribution < 1.29 is 4.39 Å². The first kappa shape index (κ1) is 10.1. The van der Waals surface area contributed by atoms with E-state index in [0.717, 1.165) is 6.20 Å². The number of hydrogen-bond acceptors (Lipinski definition) is 1. The molecule has 0 amide bonds. The first-order valence-corrected chi connectivity index (χ1v) is 3.58. The van der Waals surface area contributed by atoms with Crippen LogP contribution >= 0.6 is 0 Å². The van der Waals surface area contributed by atoms with Crippen molar-refractivity contribution in [3.05, 3.63) is 23.6 Å². The van der Waals surface area contributed by atoms with Gasteiger partial charge >= 0.3 is 0 Å². The lowest BCUT2D eigenvalue weighted by molar-refractivity contribution is 0.613. The predicted molar refractivity (Wildman–Crippen MR) is 45.7 cm³/mol. The van der Waals surface area contributed by atoms with Crippen LogP contribution in [0.3, 0.4) is 0 Å². The van der Waals surface area contributed by atoms with Crippen LogP contribution in [0.25, 0.3) is 0 Å². The summed E-state index contributed by atoms with van der Waals surface area (Å²) in [6, 6.07) is 1.50. The third-order valence-corrected chi connectivity index (χ3v) is 1.07. The molecule has 11 heavy (non-hydrogen) atoms. The van der Waals surface area contributed by atoms with Crippen LogP contribution < -0.4 is 5.59 Å². The van der Waals surface area contributed by atoms with Crippen LogP contribution in [0.1, 0.15) is 19.4 Å². The summed E-state index contributed by atoms with van der Waals surface area (Å²) in [7, 11) is 5.25. The molecule has 0 spiro atoms. The Morgan fingerprint density at radius 3 is 2.36 bits per heavy atom. The fourth-order valence-corrected chi connectivity index (χ4v) is 0.561. The molecule has 0 N–H and O–H groups in total. The van der Waals surface area contributed by atoms with Crippen LogP contribution in [0, 0.1) is 12.7 Å². The standard InChI is InChI=1S/C6H5BFN.C2H6/c1-4-2-6(7)9-3-5(4)8;1-2/h2-3H,1H3;1-2H3. The van der Waals surface area contributed by atoms with E-state index >= 15 is 0 Å². The van der Waals surface area contributed by atoms with Gasteiger partial charge in [0, 0.05) is 0 Å². The van der Waals surface area contributed by atoms with Crippen molar-refractivity contribution in [2.45, 2.75) is 20.8 Å². The summed E-state index contributed by atoms with van der Waals surface area (Å²) in [4.78, 5) is 3.54. The lowest BCUT2D eigenvalue weighted by Crippen LogP contribution is -2.08. The molecule has 0 aliphatic carbocycles. The molecular formula is C8H11BFN. The van der Waals surface area contributed by atoms with Crippen molar-refractivity contribution in [1.29, 1.82) is 0 Å². The van der Waals surface area contributed by atoms with Crippen LogP contribution in [0.2, 0.25) is 0 Å². The lowest BCUT2D eigenvalue weighted by atomic mass is 10.0. The number of aryl methyl sites for hydroxylation is 1. The molecule has 0 unspecified atom stereocenters. The Morgan fingerprint density at radius 1 is 1.45 bits per heavy atom. The quantitative estimate of drug-likeness (QED) is 0.510. The molecule has 0 fully saturated rings. The van der Waals surface area contributed by atoms with Crippen molar-refractivity contribution in [3.63, 3.8) is 0 Å². The molecule has 1 aromatic rings. The highest BCUT2D eigenvalue weighted by Crippen LogP contribution is 1.98. The van der Waals surface area contributed by atoms with E-state index in [1.54, 1.807) is 6.92 Å². The first-order chi connectivity index (χ1) is 5.20. The largest absolute Gasteiger partial charge is 0.270 e. The summed E-state index contributed by atoms with van der Waals surface area (Å²) < 4.78 is 12.4. The molecule has 0 aliphatic heterocycles. The minimum Gasteiger partial charge on any atom is -0.270 e. The summed E-state index contributed by atoms with van der Waals surface area (Å²) >= 11 is 0. The van der Waals surface area contributed by atoms with E-state index in [4.69, 9.17) is 7.85 Å².